The van der Waals surface area contributed by atoms with Crippen molar-refractivity contribution in [3.8, 4) is 0 Å². The van der Waals surface area contributed by atoms with E-state index in [0.717, 1.165) is 18.9 Å². The molecule has 0 fully saturated rings. The lowest BCUT2D eigenvalue weighted by atomic mass is 10.1. The van der Waals surface area contributed by atoms with Crippen molar-refractivity contribution in [1.82, 2.24) is 0 Å². The molecule has 102 valence electrons. The fourth-order valence-electron chi connectivity index (χ4n) is 1.45. The summed E-state index contributed by atoms with van der Waals surface area (Å²) < 4.78 is 13.7. The van der Waals surface area contributed by atoms with Crippen LogP contribution in [0.25, 0.3) is 6.08 Å². The van der Waals surface area contributed by atoms with Crippen molar-refractivity contribution < 1.29 is 19.1 Å². The summed E-state index contributed by atoms with van der Waals surface area (Å²) in [5.41, 5.74) is 0.528. The summed E-state index contributed by atoms with van der Waals surface area (Å²) in [6.07, 6.45) is 4.22. The minimum atomic E-state index is -1.10. The molecule has 0 aliphatic carbocycles. The summed E-state index contributed by atoms with van der Waals surface area (Å²) in [5, 5.41) is 10.9. The van der Waals surface area contributed by atoms with Crippen LogP contribution in [0.15, 0.2) is 24.3 Å². The highest BCUT2D eigenvalue weighted by molar-refractivity contribution is 5.91. The number of anilines is 1. The van der Waals surface area contributed by atoms with E-state index in [-0.39, 0.29) is 11.6 Å². The maximum absolute atomic E-state index is 13.7. The number of carboxylic acid groups (broad SMARTS) is 1. The van der Waals surface area contributed by atoms with Crippen molar-refractivity contribution in [2.24, 2.45) is 0 Å². The van der Waals surface area contributed by atoms with Crippen LogP contribution in [0.4, 0.5) is 10.1 Å². The Labute approximate surface area is 110 Å². The Kier molecular flexibility index (Phi) is 5.73. The Balaban J connectivity index is 2.72. The van der Waals surface area contributed by atoms with Gasteiger partial charge in [0.05, 0.1) is 5.69 Å². The number of aliphatic carboxylic acids is 1. The van der Waals surface area contributed by atoms with Gasteiger partial charge >= 0.3 is 5.97 Å². The first-order chi connectivity index (χ1) is 9.02. The standard InChI is InChI=1S/C14H16FNO3/c1-2-3-4-13(17)16-12-7-5-10(9-11(12)15)6-8-14(18)19/h5-9H,2-4H2,1H3,(H,16,17)(H,18,19). The fraction of sp³-hybridized carbons (Fsp3) is 0.286. The number of benzene rings is 1. The van der Waals surface area contributed by atoms with Crippen LogP contribution >= 0.6 is 0 Å². The number of amides is 1. The van der Waals surface area contributed by atoms with Gasteiger partial charge in [0.15, 0.2) is 0 Å². The zero-order valence-electron chi connectivity index (χ0n) is 10.6. The third-order valence-corrected chi connectivity index (χ3v) is 2.44. The minimum absolute atomic E-state index is 0.105. The zero-order chi connectivity index (χ0) is 14.3. The number of nitrogens with one attached hydrogen (secondary N) is 1. The predicted molar refractivity (Wildman–Crippen MR) is 71.2 cm³/mol. The second-order valence-electron chi connectivity index (χ2n) is 4.06. The van der Waals surface area contributed by atoms with E-state index in [9.17, 15) is 14.0 Å². The summed E-state index contributed by atoms with van der Waals surface area (Å²) in [6.45, 7) is 1.97. The predicted octanol–water partition coefficient (Wildman–Crippen LogP) is 3.05. The number of carbonyl (C=O) groups is 2. The van der Waals surface area contributed by atoms with E-state index < -0.39 is 11.8 Å². The van der Waals surface area contributed by atoms with Crippen LogP contribution < -0.4 is 5.32 Å². The highest BCUT2D eigenvalue weighted by Gasteiger charge is 2.06. The van der Waals surface area contributed by atoms with E-state index in [4.69, 9.17) is 5.11 Å². The summed E-state index contributed by atoms with van der Waals surface area (Å²) in [6, 6.07) is 4.13. The molecule has 1 aromatic rings. The van der Waals surface area contributed by atoms with Gasteiger partial charge in [0, 0.05) is 12.5 Å². The monoisotopic (exact) mass is 265 g/mol. The Hall–Kier alpha value is -2.17. The van der Waals surface area contributed by atoms with E-state index in [1.54, 1.807) is 0 Å². The number of hydrogen-bond acceptors (Lipinski definition) is 2. The molecule has 5 heteroatoms. The third kappa shape index (κ3) is 5.33. The van der Waals surface area contributed by atoms with Crippen molar-refractivity contribution in [1.29, 1.82) is 0 Å². The Morgan fingerprint density at radius 2 is 2.16 bits per heavy atom. The van der Waals surface area contributed by atoms with E-state index >= 15 is 0 Å². The van der Waals surface area contributed by atoms with Crippen molar-refractivity contribution in [3.63, 3.8) is 0 Å². The summed E-state index contributed by atoms with van der Waals surface area (Å²) in [7, 11) is 0. The van der Waals surface area contributed by atoms with Crippen LogP contribution in [0.2, 0.25) is 0 Å². The Morgan fingerprint density at radius 3 is 2.74 bits per heavy atom. The molecule has 0 atom stereocenters. The molecule has 4 nitrogen and oxygen atoms in total. The molecule has 0 unspecified atom stereocenters. The van der Waals surface area contributed by atoms with E-state index in [2.05, 4.69) is 5.32 Å². The first-order valence-electron chi connectivity index (χ1n) is 6.03. The third-order valence-electron chi connectivity index (χ3n) is 2.44. The maximum Gasteiger partial charge on any atom is 0.328 e. The molecule has 0 aromatic heterocycles. The molecular weight excluding hydrogens is 249 g/mol. The lowest BCUT2D eigenvalue weighted by Crippen LogP contribution is -2.12. The van der Waals surface area contributed by atoms with E-state index in [0.29, 0.717) is 12.0 Å². The molecule has 1 amide bonds. The lowest BCUT2D eigenvalue weighted by molar-refractivity contribution is -0.131. The smallest absolute Gasteiger partial charge is 0.328 e. The van der Waals surface area contributed by atoms with Gasteiger partial charge < -0.3 is 10.4 Å². The fourth-order valence-corrected chi connectivity index (χ4v) is 1.45. The van der Waals surface area contributed by atoms with Gasteiger partial charge in [0.25, 0.3) is 0 Å². The lowest BCUT2D eigenvalue weighted by Gasteiger charge is -2.06. The topological polar surface area (TPSA) is 66.4 Å². The molecule has 0 radical (unpaired) electrons. The number of carbonyl (C=O) groups excluding carboxylic acids is 1. The van der Waals surface area contributed by atoms with Crippen LogP contribution in [-0.4, -0.2) is 17.0 Å². The van der Waals surface area contributed by atoms with Crippen LogP contribution in [0.3, 0.4) is 0 Å². The minimum Gasteiger partial charge on any atom is -0.478 e. The number of carboxylic acids is 1. The second-order valence-corrected chi connectivity index (χ2v) is 4.06. The van der Waals surface area contributed by atoms with Crippen molar-refractivity contribution in [3.05, 3.63) is 35.7 Å². The van der Waals surface area contributed by atoms with Gasteiger partial charge in [-0.15, -0.1) is 0 Å². The van der Waals surface area contributed by atoms with E-state index in [1.807, 2.05) is 6.92 Å². The van der Waals surface area contributed by atoms with Crippen molar-refractivity contribution >= 4 is 23.6 Å². The van der Waals surface area contributed by atoms with Gasteiger partial charge in [0.1, 0.15) is 5.82 Å². The summed E-state index contributed by atoms with van der Waals surface area (Å²) in [4.78, 5) is 21.8. The molecule has 2 N–H and O–H groups in total. The average molecular weight is 265 g/mol. The average Bonchev–Trinajstić information content (AvgIpc) is 2.36. The van der Waals surface area contributed by atoms with Gasteiger partial charge in [-0.3, -0.25) is 4.79 Å². The number of unbranched alkanes of at least 4 members (excludes halogenated alkanes) is 1. The van der Waals surface area contributed by atoms with Gasteiger partial charge in [0.2, 0.25) is 5.91 Å². The summed E-state index contributed by atoms with van der Waals surface area (Å²) in [5.74, 6) is -1.91. The van der Waals surface area contributed by atoms with Gasteiger partial charge in [-0.05, 0) is 30.2 Å². The zero-order valence-corrected chi connectivity index (χ0v) is 10.6. The molecule has 0 aliphatic rings. The molecule has 0 aliphatic heterocycles. The number of rotatable bonds is 6. The normalized spacial score (nSPS) is 10.6. The van der Waals surface area contributed by atoms with Crippen molar-refractivity contribution in [2.75, 3.05) is 5.32 Å². The first-order valence-corrected chi connectivity index (χ1v) is 6.03. The van der Waals surface area contributed by atoms with Gasteiger partial charge in [-0.1, -0.05) is 19.4 Å². The highest BCUT2D eigenvalue weighted by Crippen LogP contribution is 2.17. The molecule has 19 heavy (non-hydrogen) atoms. The largest absolute Gasteiger partial charge is 0.478 e. The second kappa shape index (κ2) is 7.31. The van der Waals surface area contributed by atoms with Crippen LogP contribution in [0.1, 0.15) is 31.7 Å². The Bertz CT molecular complexity index is 497. The molecule has 1 rings (SSSR count). The highest BCUT2D eigenvalue weighted by atomic mass is 19.1. The Morgan fingerprint density at radius 1 is 1.42 bits per heavy atom. The molecular formula is C14H16FNO3. The number of hydrogen-bond donors (Lipinski definition) is 2. The van der Waals surface area contributed by atoms with Gasteiger partial charge in [-0.2, -0.15) is 0 Å². The summed E-state index contributed by atoms with van der Waals surface area (Å²) >= 11 is 0. The molecule has 1 aromatic carbocycles. The molecule has 0 saturated heterocycles. The molecule has 0 saturated carbocycles. The molecule has 0 heterocycles. The van der Waals surface area contributed by atoms with Crippen molar-refractivity contribution in [2.45, 2.75) is 26.2 Å². The first kappa shape index (κ1) is 14.9. The van der Waals surface area contributed by atoms with Crippen LogP contribution in [-0.2, 0) is 9.59 Å². The van der Waals surface area contributed by atoms with Gasteiger partial charge in [-0.25, -0.2) is 9.18 Å². The van der Waals surface area contributed by atoms with E-state index in [1.165, 1.54) is 24.3 Å². The number of halogens is 1. The molecule has 0 bridgehead atoms. The molecule has 0 spiro atoms. The maximum atomic E-state index is 13.7. The SMILES string of the molecule is CCCCC(=O)Nc1ccc(C=CC(=O)O)cc1F. The quantitative estimate of drug-likeness (QED) is 0.777. The van der Waals surface area contributed by atoms with Crippen LogP contribution in [0.5, 0.6) is 0 Å². The van der Waals surface area contributed by atoms with Crippen LogP contribution in [0, 0.1) is 5.82 Å².